The van der Waals surface area contributed by atoms with Crippen molar-refractivity contribution in [3.05, 3.63) is 42.7 Å². The first-order valence-corrected chi connectivity index (χ1v) is 7.77. The average Bonchev–Trinajstić information content (AvgIpc) is 2.89. The lowest BCUT2D eigenvalue weighted by Crippen LogP contribution is -2.47. The van der Waals surface area contributed by atoms with Crippen molar-refractivity contribution in [1.82, 2.24) is 9.88 Å². The number of hydrogen-bond donors (Lipinski definition) is 0. The van der Waals surface area contributed by atoms with E-state index in [0.717, 1.165) is 32.5 Å². The van der Waals surface area contributed by atoms with Crippen LogP contribution in [0.3, 0.4) is 0 Å². The van der Waals surface area contributed by atoms with Crippen molar-refractivity contribution in [1.29, 1.82) is 0 Å². The van der Waals surface area contributed by atoms with Crippen molar-refractivity contribution < 1.29 is 9.47 Å². The van der Waals surface area contributed by atoms with Gasteiger partial charge < -0.3 is 9.47 Å². The summed E-state index contributed by atoms with van der Waals surface area (Å²) < 4.78 is 11.9. The molecule has 4 heteroatoms. The molecule has 4 nitrogen and oxygen atoms in total. The standard InChI is InChI=1S/C17H24N2O2/c1-2-9-20-16-10-17(21-13-16)6-4-8-19(14-17)12-15-5-3-7-18-11-15/h2-3,5,7,11,16H,1,4,6,8-10,12-14H2. The molecule has 0 saturated carbocycles. The molecule has 0 bridgehead atoms. The molecular formula is C17H24N2O2. The van der Waals surface area contributed by atoms with E-state index in [1.165, 1.54) is 12.0 Å². The van der Waals surface area contributed by atoms with E-state index in [-0.39, 0.29) is 11.7 Å². The second-order valence-corrected chi connectivity index (χ2v) is 6.12. The van der Waals surface area contributed by atoms with Crippen LogP contribution in [0.15, 0.2) is 37.2 Å². The van der Waals surface area contributed by atoms with Crippen molar-refractivity contribution in [2.45, 2.75) is 37.5 Å². The zero-order chi connectivity index (χ0) is 14.5. The Hall–Kier alpha value is -1.23. The molecule has 0 amide bonds. The van der Waals surface area contributed by atoms with Gasteiger partial charge >= 0.3 is 0 Å². The van der Waals surface area contributed by atoms with Crippen molar-refractivity contribution >= 4 is 0 Å². The van der Waals surface area contributed by atoms with E-state index in [4.69, 9.17) is 9.47 Å². The molecule has 1 spiro atoms. The van der Waals surface area contributed by atoms with Gasteiger partial charge in [0.1, 0.15) is 0 Å². The molecule has 3 heterocycles. The largest absolute Gasteiger partial charge is 0.372 e. The number of likely N-dealkylation sites (tertiary alicyclic amines) is 1. The van der Waals surface area contributed by atoms with E-state index < -0.39 is 0 Å². The van der Waals surface area contributed by atoms with Gasteiger partial charge in [-0.2, -0.15) is 0 Å². The Labute approximate surface area is 126 Å². The number of nitrogens with zero attached hydrogens (tertiary/aromatic N) is 2. The molecule has 2 atom stereocenters. The average molecular weight is 288 g/mol. The number of rotatable bonds is 5. The van der Waals surface area contributed by atoms with Crippen LogP contribution in [-0.2, 0) is 16.0 Å². The van der Waals surface area contributed by atoms with Crippen LogP contribution in [0.1, 0.15) is 24.8 Å². The van der Waals surface area contributed by atoms with Gasteiger partial charge in [0.15, 0.2) is 0 Å². The number of hydrogen-bond acceptors (Lipinski definition) is 4. The third-order valence-electron chi connectivity index (χ3n) is 4.37. The summed E-state index contributed by atoms with van der Waals surface area (Å²) in [6.45, 7) is 8.12. The quantitative estimate of drug-likeness (QED) is 0.779. The fraction of sp³-hybridized carbons (Fsp3) is 0.588. The summed E-state index contributed by atoms with van der Waals surface area (Å²) in [6, 6.07) is 4.14. The lowest BCUT2D eigenvalue weighted by Gasteiger charge is -2.39. The van der Waals surface area contributed by atoms with Gasteiger partial charge in [0.05, 0.1) is 24.9 Å². The van der Waals surface area contributed by atoms with E-state index in [1.807, 2.05) is 18.5 Å². The highest BCUT2D eigenvalue weighted by Crippen LogP contribution is 2.36. The van der Waals surface area contributed by atoms with Gasteiger partial charge in [-0.1, -0.05) is 12.1 Å². The maximum atomic E-state index is 6.14. The Morgan fingerprint density at radius 2 is 2.52 bits per heavy atom. The van der Waals surface area contributed by atoms with Gasteiger partial charge in [0.2, 0.25) is 0 Å². The minimum absolute atomic E-state index is 0.00764. The number of ether oxygens (including phenoxy) is 2. The fourth-order valence-electron chi connectivity index (χ4n) is 3.47. The first-order valence-electron chi connectivity index (χ1n) is 7.77. The molecule has 2 unspecified atom stereocenters. The van der Waals surface area contributed by atoms with Crippen molar-refractivity contribution in [2.24, 2.45) is 0 Å². The Morgan fingerprint density at radius 3 is 3.33 bits per heavy atom. The lowest BCUT2D eigenvalue weighted by atomic mass is 9.89. The molecule has 0 N–H and O–H groups in total. The van der Waals surface area contributed by atoms with Gasteiger partial charge in [-0.05, 0) is 31.0 Å². The highest BCUT2D eigenvalue weighted by molar-refractivity contribution is 5.09. The Morgan fingerprint density at radius 1 is 1.57 bits per heavy atom. The van der Waals surface area contributed by atoms with Crippen LogP contribution in [0.2, 0.25) is 0 Å². The molecule has 1 aromatic heterocycles. The summed E-state index contributed by atoms with van der Waals surface area (Å²) in [4.78, 5) is 6.68. The predicted molar refractivity (Wildman–Crippen MR) is 82.0 cm³/mol. The lowest BCUT2D eigenvalue weighted by molar-refractivity contribution is -0.0544. The van der Waals surface area contributed by atoms with Gasteiger partial charge in [0, 0.05) is 31.9 Å². The predicted octanol–water partition coefficient (Wildman–Crippen LogP) is 2.41. The van der Waals surface area contributed by atoms with E-state index in [2.05, 4.69) is 22.5 Å². The monoisotopic (exact) mass is 288 g/mol. The molecule has 21 heavy (non-hydrogen) atoms. The van der Waals surface area contributed by atoms with Gasteiger partial charge in [-0.15, -0.1) is 6.58 Å². The summed E-state index contributed by atoms with van der Waals surface area (Å²) in [5.74, 6) is 0. The molecule has 1 aromatic rings. The topological polar surface area (TPSA) is 34.6 Å². The summed E-state index contributed by atoms with van der Waals surface area (Å²) in [6.07, 6.45) is 9.14. The molecule has 0 aliphatic carbocycles. The molecule has 2 saturated heterocycles. The van der Waals surface area contributed by atoms with Crippen molar-refractivity contribution in [2.75, 3.05) is 26.3 Å². The Kier molecular flexibility index (Phi) is 4.68. The van der Waals surface area contributed by atoms with E-state index in [0.29, 0.717) is 13.2 Å². The van der Waals surface area contributed by atoms with Crippen LogP contribution in [0.25, 0.3) is 0 Å². The smallest absolute Gasteiger partial charge is 0.0841 e. The second kappa shape index (κ2) is 6.69. The SMILES string of the molecule is C=CCOC1COC2(CCCN(Cc3cccnc3)C2)C1. The normalized spacial score (nSPS) is 29.8. The first-order chi connectivity index (χ1) is 10.3. The molecule has 2 aliphatic rings. The van der Waals surface area contributed by atoms with Gasteiger partial charge in [-0.3, -0.25) is 9.88 Å². The minimum Gasteiger partial charge on any atom is -0.372 e. The summed E-state index contributed by atoms with van der Waals surface area (Å²) in [7, 11) is 0. The Bertz CT molecular complexity index is 465. The van der Waals surface area contributed by atoms with Gasteiger partial charge in [-0.25, -0.2) is 0 Å². The van der Waals surface area contributed by atoms with Crippen LogP contribution in [0.5, 0.6) is 0 Å². The minimum atomic E-state index is -0.00764. The summed E-state index contributed by atoms with van der Waals surface area (Å²) >= 11 is 0. The zero-order valence-electron chi connectivity index (χ0n) is 12.5. The zero-order valence-corrected chi connectivity index (χ0v) is 12.5. The molecule has 3 rings (SSSR count). The van der Waals surface area contributed by atoms with Crippen LogP contribution in [0.4, 0.5) is 0 Å². The summed E-state index contributed by atoms with van der Waals surface area (Å²) in [5, 5.41) is 0. The molecule has 114 valence electrons. The van der Waals surface area contributed by atoms with E-state index in [1.54, 1.807) is 6.08 Å². The van der Waals surface area contributed by atoms with Crippen molar-refractivity contribution in [3.8, 4) is 0 Å². The fourth-order valence-corrected chi connectivity index (χ4v) is 3.47. The van der Waals surface area contributed by atoms with Crippen LogP contribution < -0.4 is 0 Å². The molecule has 0 radical (unpaired) electrons. The van der Waals surface area contributed by atoms with E-state index >= 15 is 0 Å². The van der Waals surface area contributed by atoms with E-state index in [9.17, 15) is 0 Å². The van der Waals surface area contributed by atoms with Crippen LogP contribution in [0, 0.1) is 0 Å². The highest BCUT2D eigenvalue weighted by Gasteiger charge is 2.43. The highest BCUT2D eigenvalue weighted by atomic mass is 16.6. The Balaban J connectivity index is 1.57. The maximum absolute atomic E-state index is 6.14. The molecule has 0 aromatic carbocycles. The maximum Gasteiger partial charge on any atom is 0.0841 e. The van der Waals surface area contributed by atoms with Crippen molar-refractivity contribution in [3.63, 3.8) is 0 Å². The summed E-state index contributed by atoms with van der Waals surface area (Å²) in [5.41, 5.74) is 1.26. The first kappa shape index (κ1) is 14.7. The second-order valence-electron chi connectivity index (χ2n) is 6.12. The number of aromatic nitrogens is 1. The third kappa shape index (κ3) is 3.70. The van der Waals surface area contributed by atoms with Crippen LogP contribution >= 0.6 is 0 Å². The van der Waals surface area contributed by atoms with Crippen LogP contribution in [-0.4, -0.2) is 47.9 Å². The van der Waals surface area contributed by atoms with Gasteiger partial charge in [0.25, 0.3) is 0 Å². The third-order valence-corrected chi connectivity index (χ3v) is 4.37. The molecule has 2 aliphatic heterocycles. The molecule has 2 fully saturated rings. The number of piperidine rings is 1. The number of pyridine rings is 1. The molecular weight excluding hydrogens is 264 g/mol.